The van der Waals surface area contributed by atoms with Crippen molar-refractivity contribution >= 4 is 29.1 Å². The number of quaternary nitrogens is 1. The van der Waals surface area contributed by atoms with Crippen LogP contribution in [-0.4, -0.2) is 62.1 Å². The summed E-state index contributed by atoms with van der Waals surface area (Å²) >= 11 is 5.98. The number of methoxy groups -OCH3 is 2. The van der Waals surface area contributed by atoms with E-state index in [1.165, 1.54) is 24.0 Å². The molecule has 0 aromatic heterocycles. The summed E-state index contributed by atoms with van der Waals surface area (Å²) in [5, 5.41) is 11.6. The number of hydrogen-bond donors (Lipinski definition) is 2. The van der Waals surface area contributed by atoms with Crippen molar-refractivity contribution in [2.24, 2.45) is 0 Å². The largest absolute Gasteiger partial charge is 0.507 e. The topological polar surface area (TPSA) is 80.5 Å². The Kier molecular flexibility index (Phi) is 8.00. The van der Waals surface area contributed by atoms with Crippen molar-refractivity contribution in [3.05, 3.63) is 64.2 Å². The third kappa shape index (κ3) is 4.99. The van der Waals surface area contributed by atoms with E-state index in [4.69, 9.17) is 21.1 Å². The number of ketones is 1. The Labute approximate surface area is 199 Å². The number of aliphatic hydroxyl groups is 1. The van der Waals surface area contributed by atoms with Crippen molar-refractivity contribution in [1.29, 1.82) is 0 Å². The predicted octanol–water partition coefficient (Wildman–Crippen LogP) is 2.70. The number of hydrogen-bond acceptors (Lipinski definition) is 5. The van der Waals surface area contributed by atoms with E-state index in [1.54, 1.807) is 42.5 Å². The zero-order valence-corrected chi connectivity index (χ0v) is 20.1. The van der Waals surface area contributed by atoms with Crippen LogP contribution in [0.1, 0.15) is 31.0 Å². The van der Waals surface area contributed by atoms with Crippen LogP contribution in [0.5, 0.6) is 11.5 Å². The Bertz CT molecular complexity index is 1050. The Balaban J connectivity index is 2.14. The van der Waals surface area contributed by atoms with Gasteiger partial charge in [0.15, 0.2) is 11.5 Å². The number of nitrogens with one attached hydrogen (secondary N) is 1. The van der Waals surface area contributed by atoms with E-state index in [9.17, 15) is 14.7 Å². The van der Waals surface area contributed by atoms with Gasteiger partial charge in [0.05, 0.1) is 52.0 Å². The molecule has 0 saturated carbocycles. The Morgan fingerprint density at radius 3 is 2.24 bits per heavy atom. The van der Waals surface area contributed by atoms with Crippen LogP contribution < -0.4 is 14.4 Å². The molecule has 0 radical (unpaired) electrons. The zero-order valence-electron chi connectivity index (χ0n) is 19.4. The zero-order chi connectivity index (χ0) is 24.1. The summed E-state index contributed by atoms with van der Waals surface area (Å²) in [6.07, 6.45) is 0. The lowest BCUT2D eigenvalue weighted by Gasteiger charge is -2.27. The lowest BCUT2D eigenvalue weighted by molar-refractivity contribution is -0.895. The van der Waals surface area contributed by atoms with Crippen LogP contribution in [0.15, 0.2) is 48.0 Å². The van der Waals surface area contributed by atoms with Gasteiger partial charge in [-0.3, -0.25) is 9.59 Å². The molecule has 1 fully saturated rings. The maximum atomic E-state index is 13.1. The highest BCUT2D eigenvalue weighted by atomic mass is 35.5. The summed E-state index contributed by atoms with van der Waals surface area (Å²) in [6, 6.07) is 11.0. The van der Waals surface area contributed by atoms with Crippen LogP contribution in [0, 0.1) is 0 Å². The summed E-state index contributed by atoms with van der Waals surface area (Å²) in [5.74, 6) is -0.568. The number of halogens is 1. The van der Waals surface area contributed by atoms with E-state index < -0.39 is 17.7 Å². The maximum Gasteiger partial charge on any atom is 0.295 e. The normalized spacial score (nSPS) is 17.6. The Morgan fingerprint density at radius 2 is 1.67 bits per heavy atom. The summed E-state index contributed by atoms with van der Waals surface area (Å²) in [7, 11) is 3.06. The van der Waals surface area contributed by atoms with Gasteiger partial charge in [0, 0.05) is 10.6 Å². The van der Waals surface area contributed by atoms with E-state index in [0.29, 0.717) is 40.7 Å². The minimum absolute atomic E-state index is 0.0455. The van der Waals surface area contributed by atoms with Crippen LogP contribution in [0.2, 0.25) is 5.02 Å². The van der Waals surface area contributed by atoms with Gasteiger partial charge < -0.3 is 24.4 Å². The van der Waals surface area contributed by atoms with Crippen molar-refractivity contribution in [2.75, 3.05) is 40.4 Å². The summed E-state index contributed by atoms with van der Waals surface area (Å²) in [5.41, 5.74) is 1.11. The van der Waals surface area contributed by atoms with Gasteiger partial charge in [0.1, 0.15) is 5.76 Å². The number of nitrogens with zero attached hydrogens (tertiary/aromatic N) is 1. The number of Topliss-reactive ketones (excluding diaryl/α,β-unsaturated/α-hetero) is 1. The molecule has 1 unspecified atom stereocenters. The highest BCUT2D eigenvalue weighted by Gasteiger charge is 2.46. The molecule has 2 aromatic rings. The summed E-state index contributed by atoms with van der Waals surface area (Å²) < 4.78 is 10.8. The van der Waals surface area contributed by atoms with Gasteiger partial charge in [-0.2, -0.15) is 0 Å². The standard InChI is InChI=1S/C25H29ClN2O5/c1-5-27(6-2)13-14-28-22(17-9-12-19(32-3)20(15-17)33-4)21(24(30)25(28)31)23(29)16-7-10-18(26)11-8-16/h7-12,15,22,29H,5-6,13-14H2,1-4H3/p+1. The smallest absolute Gasteiger partial charge is 0.295 e. The number of carbonyl (C=O) groups excluding carboxylic acids is 2. The number of likely N-dealkylation sites (tertiary alicyclic amines) is 1. The molecule has 2 aromatic carbocycles. The predicted molar refractivity (Wildman–Crippen MR) is 127 cm³/mol. The van der Waals surface area contributed by atoms with Crippen LogP contribution in [0.3, 0.4) is 0 Å². The number of ether oxygens (including phenoxy) is 2. The molecule has 0 aliphatic carbocycles. The number of rotatable bonds is 9. The molecular formula is C25H30ClN2O5+. The van der Waals surface area contributed by atoms with Gasteiger partial charge in [0.25, 0.3) is 11.7 Å². The first-order chi connectivity index (χ1) is 15.9. The molecular weight excluding hydrogens is 444 g/mol. The fourth-order valence-corrected chi connectivity index (χ4v) is 4.25. The van der Waals surface area contributed by atoms with E-state index >= 15 is 0 Å². The molecule has 1 heterocycles. The molecule has 1 aliphatic heterocycles. The van der Waals surface area contributed by atoms with Crippen molar-refractivity contribution in [3.8, 4) is 11.5 Å². The number of amides is 1. The molecule has 33 heavy (non-hydrogen) atoms. The average molecular weight is 474 g/mol. The minimum Gasteiger partial charge on any atom is -0.507 e. The first kappa shape index (κ1) is 24.6. The van der Waals surface area contributed by atoms with E-state index in [-0.39, 0.29) is 11.3 Å². The second kappa shape index (κ2) is 10.7. The van der Waals surface area contributed by atoms with Gasteiger partial charge in [-0.1, -0.05) is 17.7 Å². The molecule has 7 nitrogen and oxygen atoms in total. The van der Waals surface area contributed by atoms with Gasteiger partial charge in [-0.15, -0.1) is 0 Å². The van der Waals surface area contributed by atoms with Gasteiger partial charge in [-0.25, -0.2) is 0 Å². The van der Waals surface area contributed by atoms with Crippen molar-refractivity contribution in [1.82, 2.24) is 4.90 Å². The molecule has 2 N–H and O–H groups in total. The average Bonchev–Trinajstić information content (AvgIpc) is 3.09. The summed E-state index contributed by atoms with van der Waals surface area (Å²) in [4.78, 5) is 29.1. The number of carbonyl (C=O) groups is 2. The van der Waals surface area contributed by atoms with Crippen molar-refractivity contribution in [3.63, 3.8) is 0 Å². The second-order valence-corrected chi connectivity index (χ2v) is 8.26. The van der Waals surface area contributed by atoms with Crippen LogP contribution >= 0.6 is 11.6 Å². The van der Waals surface area contributed by atoms with Crippen LogP contribution in [0.4, 0.5) is 0 Å². The number of aliphatic hydroxyl groups excluding tert-OH is 1. The SMILES string of the molecule is CC[NH+](CC)CCN1C(=O)C(=O)C(=C(O)c2ccc(Cl)cc2)C1c1ccc(OC)c(OC)c1. The van der Waals surface area contributed by atoms with Gasteiger partial charge >= 0.3 is 0 Å². The lowest BCUT2D eigenvalue weighted by atomic mass is 9.95. The molecule has 176 valence electrons. The van der Waals surface area contributed by atoms with Crippen LogP contribution in [-0.2, 0) is 9.59 Å². The van der Waals surface area contributed by atoms with E-state index in [0.717, 1.165) is 13.1 Å². The van der Waals surface area contributed by atoms with Gasteiger partial charge in [0.2, 0.25) is 0 Å². The quantitative estimate of drug-likeness (QED) is 0.332. The molecule has 1 atom stereocenters. The number of benzene rings is 2. The highest BCUT2D eigenvalue weighted by molar-refractivity contribution is 6.46. The monoisotopic (exact) mass is 473 g/mol. The Hall–Kier alpha value is -3.03. The molecule has 8 heteroatoms. The second-order valence-electron chi connectivity index (χ2n) is 7.82. The highest BCUT2D eigenvalue weighted by Crippen LogP contribution is 2.41. The van der Waals surface area contributed by atoms with Crippen molar-refractivity contribution in [2.45, 2.75) is 19.9 Å². The molecule has 0 bridgehead atoms. The molecule has 3 rings (SSSR count). The molecule has 1 amide bonds. The third-order valence-electron chi connectivity index (χ3n) is 6.09. The fourth-order valence-electron chi connectivity index (χ4n) is 4.13. The first-order valence-corrected chi connectivity index (χ1v) is 11.3. The first-order valence-electron chi connectivity index (χ1n) is 11.0. The fraction of sp³-hybridized carbons (Fsp3) is 0.360. The van der Waals surface area contributed by atoms with Crippen LogP contribution in [0.25, 0.3) is 5.76 Å². The van der Waals surface area contributed by atoms with Crippen molar-refractivity contribution < 1.29 is 29.1 Å². The minimum atomic E-state index is -0.754. The maximum absolute atomic E-state index is 13.1. The Morgan fingerprint density at radius 1 is 1.03 bits per heavy atom. The summed E-state index contributed by atoms with van der Waals surface area (Å²) in [6.45, 7) is 7.04. The van der Waals surface area contributed by atoms with Gasteiger partial charge in [-0.05, 0) is 55.8 Å². The van der Waals surface area contributed by atoms with E-state index in [1.807, 2.05) is 0 Å². The molecule has 1 aliphatic rings. The lowest BCUT2D eigenvalue weighted by Crippen LogP contribution is -3.12. The van der Waals surface area contributed by atoms with E-state index in [2.05, 4.69) is 13.8 Å². The third-order valence-corrected chi connectivity index (χ3v) is 6.34. The molecule has 1 saturated heterocycles. The molecule has 0 spiro atoms. The number of likely N-dealkylation sites (N-methyl/N-ethyl adjacent to an activating group) is 1.